The minimum absolute atomic E-state index is 0.0228. The molecule has 1 nitrogen and oxygen atoms in total. The fourth-order valence-electron chi connectivity index (χ4n) is 1.02. The van der Waals surface area contributed by atoms with E-state index >= 15 is 0 Å². The van der Waals surface area contributed by atoms with Crippen molar-refractivity contribution in [3.8, 4) is 0 Å². The largest absolute Gasteiger partial charge is 0.414 e. The molecule has 9 heavy (non-hydrogen) atoms. The molecular formula is C7H15OSi. The van der Waals surface area contributed by atoms with Crippen LogP contribution in [0.5, 0.6) is 0 Å². The SMILES string of the molecule is CC(C)CC(C)(C)O[Si]. The van der Waals surface area contributed by atoms with E-state index in [0.29, 0.717) is 5.92 Å². The van der Waals surface area contributed by atoms with Crippen molar-refractivity contribution in [2.24, 2.45) is 5.92 Å². The van der Waals surface area contributed by atoms with E-state index in [4.69, 9.17) is 4.43 Å². The first-order chi connectivity index (χ1) is 3.98. The Balaban J connectivity index is 3.58. The Kier molecular flexibility index (Phi) is 3.44. The van der Waals surface area contributed by atoms with Gasteiger partial charge in [-0.25, -0.2) is 0 Å². The standard InChI is InChI=1S/C7H15OSi/c1-6(2)5-7(3,4)8-9/h6H,5H2,1-4H3. The van der Waals surface area contributed by atoms with Gasteiger partial charge in [-0.2, -0.15) is 0 Å². The lowest BCUT2D eigenvalue weighted by molar-refractivity contribution is 0.0972. The number of hydrogen-bond donors (Lipinski definition) is 0. The Morgan fingerprint density at radius 1 is 1.44 bits per heavy atom. The van der Waals surface area contributed by atoms with E-state index in [1.165, 1.54) is 0 Å². The number of rotatable bonds is 3. The third-order valence-electron chi connectivity index (χ3n) is 1.18. The monoisotopic (exact) mass is 143 g/mol. The molecule has 3 radical (unpaired) electrons. The minimum atomic E-state index is -0.0228. The van der Waals surface area contributed by atoms with Gasteiger partial charge in [-0.1, -0.05) is 13.8 Å². The summed E-state index contributed by atoms with van der Waals surface area (Å²) >= 11 is 0. The molecule has 0 N–H and O–H groups in total. The van der Waals surface area contributed by atoms with Gasteiger partial charge in [0.15, 0.2) is 0 Å². The Hall–Kier alpha value is 0.177. The molecule has 0 aliphatic rings. The second-order valence-electron chi connectivity index (χ2n) is 3.46. The van der Waals surface area contributed by atoms with Crippen LogP contribution in [0.25, 0.3) is 0 Å². The normalized spacial score (nSPS) is 12.7. The zero-order valence-electron chi connectivity index (χ0n) is 6.69. The van der Waals surface area contributed by atoms with Crippen LogP contribution in [0, 0.1) is 5.92 Å². The highest BCUT2D eigenvalue weighted by Gasteiger charge is 2.16. The zero-order chi connectivity index (χ0) is 7.49. The maximum absolute atomic E-state index is 5.05. The van der Waals surface area contributed by atoms with Gasteiger partial charge >= 0.3 is 0 Å². The van der Waals surface area contributed by atoms with Crippen molar-refractivity contribution in [1.82, 2.24) is 0 Å². The summed E-state index contributed by atoms with van der Waals surface area (Å²) in [6.07, 6.45) is 1.08. The predicted octanol–water partition coefficient (Wildman–Crippen LogP) is 1.91. The summed E-state index contributed by atoms with van der Waals surface area (Å²) in [5, 5.41) is 0. The molecule has 0 aliphatic carbocycles. The fraction of sp³-hybridized carbons (Fsp3) is 1.00. The lowest BCUT2D eigenvalue weighted by Crippen LogP contribution is -2.24. The molecule has 0 aliphatic heterocycles. The molecule has 0 amide bonds. The molecule has 0 rings (SSSR count). The highest BCUT2D eigenvalue weighted by Crippen LogP contribution is 2.17. The Morgan fingerprint density at radius 2 is 1.89 bits per heavy atom. The van der Waals surface area contributed by atoms with Crippen LogP contribution in [0.2, 0.25) is 0 Å². The van der Waals surface area contributed by atoms with Crippen molar-refractivity contribution in [2.75, 3.05) is 0 Å². The quantitative estimate of drug-likeness (QED) is 0.548. The van der Waals surface area contributed by atoms with Crippen LogP contribution in [0.4, 0.5) is 0 Å². The van der Waals surface area contributed by atoms with Crippen molar-refractivity contribution in [3.05, 3.63) is 0 Å². The fourth-order valence-corrected chi connectivity index (χ4v) is 1.11. The molecule has 0 spiro atoms. The molecule has 0 heterocycles. The van der Waals surface area contributed by atoms with Crippen molar-refractivity contribution in [1.29, 1.82) is 0 Å². The van der Waals surface area contributed by atoms with Crippen LogP contribution in [0.15, 0.2) is 0 Å². The molecule has 53 valence electrons. The molecule has 0 fully saturated rings. The highest BCUT2D eigenvalue weighted by molar-refractivity contribution is 5.98. The summed E-state index contributed by atoms with van der Waals surface area (Å²) in [5.74, 6) is 0.691. The van der Waals surface area contributed by atoms with Crippen molar-refractivity contribution < 1.29 is 4.43 Å². The summed E-state index contributed by atoms with van der Waals surface area (Å²) in [4.78, 5) is 0. The summed E-state index contributed by atoms with van der Waals surface area (Å²) in [7, 11) is 3.05. The van der Waals surface area contributed by atoms with Crippen LogP contribution in [-0.4, -0.2) is 16.1 Å². The van der Waals surface area contributed by atoms with Crippen molar-refractivity contribution in [3.63, 3.8) is 0 Å². The number of hydrogen-bond acceptors (Lipinski definition) is 1. The molecule has 0 atom stereocenters. The lowest BCUT2D eigenvalue weighted by atomic mass is 9.97. The average Bonchev–Trinajstić information content (AvgIpc) is 1.63. The maximum atomic E-state index is 5.05. The van der Waals surface area contributed by atoms with E-state index in [1.54, 1.807) is 0 Å². The van der Waals surface area contributed by atoms with Gasteiger partial charge in [-0.15, -0.1) is 0 Å². The first-order valence-electron chi connectivity index (χ1n) is 3.32. The molecule has 2 heteroatoms. The van der Waals surface area contributed by atoms with E-state index in [0.717, 1.165) is 6.42 Å². The van der Waals surface area contributed by atoms with E-state index in [9.17, 15) is 0 Å². The second kappa shape index (κ2) is 3.37. The third kappa shape index (κ3) is 4.67. The molecular weight excluding hydrogens is 128 g/mol. The first kappa shape index (κ1) is 9.18. The van der Waals surface area contributed by atoms with E-state index in [2.05, 4.69) is 38.2 Å². The summed E-state index contributed by atoms with van der Waals surface area (Å²) in [6, 6.07) is 0. The topological polar surface area (TPSA) is 9.23 Å². The van der Waals surface area contributed by atoms with E-state index in [1.807, 2.05) is 0 Å². The van der Waals surface area contributed by atoms with Gasteiger partial charge in [0.25, 0.3) is 0 Å². The van der Waals surface area contributed by atoms with Crippen LogP contribution in [0.3, 0.4) is 0 Å². The molecule has 0 aromatic carbocycles. The Bertz CT molecular complexity index is 79.0. The Labute approximate surface area is 61.3 Å². The molecule has 0 unspecified atom stereocenters. The Morgan fingerprint density at radius 3 is 2.00 bits per heavy atom. The van der Waals surface area contributed by atoms with E-state index < -0.39 is 0 Å². The molecule has 0 aromatic heterocycles. The van der Waals surface area contributed by atoms with Gasteiger partial charge in [0.05, 0.1) is 5.60 Å². The maximum Gasteiger partial charge on any atom is 0.246 e. The minimum Gasteiger partial charge on any atom is -0.414 e. The van der Waals surface area contributed by atoms with Crippen LogP contribution >= 0.6 is 0 Å². The molecule has 0 saturated heterocycles. The molecule has 0 aromatic rings. The zero-order valence-corrected chi connectivity index (χ0v) is 7.69. The average molecular weight is 143 g/mol. The predicted molar refractivity (Wildman–Crippen MR) is 40.4 cm³/mol. The van der Waals surface area contributed by atoms with E-state index in [-0.39, 0.29) is 5.60 Å². The first-order valence-corrected chi connectivity index (χ1v) is 3.73. The van der Waals surface area contributed by atoms with Crippen molar-refractivity contribution in [2.45, 2.75) is 39.7 Å². The van der Waals surface area contributed by atoms with Gasteiger partial charge in [0.1, 0.15) is 0 Å². The summed E-state index contributed by atoms with van der Waals surface area (Å²) in [5.41, 5.74) is -0.0228. The van der Waals surface area contributed by atoms with Crippen LogP contribution < -0.4 is 0 Å². The molecule has 0 bridgehead atoms. The van der Waals surface area contributed by atoms with Crippen LogP contribution in [0.1, 0.15) is 34.1 Å². The smallest absolute Gasteiger partial charge is 0.246 e. The van der Waals surface area contributed by atoms with Gasteiger partial charge in [0.2, 0.25) is 10.5 Å². The highest BCUT2D eigenvalue weighted by atomic mass is 28.2. The van der Waals surface area contributed by atoms with Gasteiger partial charge in [-0.05, 0) is 26.2 Å². The summed E-state index contributed by atoms with van der Waals surface area (Å²) < 4.78 is 5.05. The lowest BCUT2D eigenvalue weighted by Gasteiger charge is -2.24. The van der Waals surface area contributed by atoms with Gasteiger partial charge in [-0.3, -0.25) is 0 Å². The van der Waals surface area contributed by atoms with Crippen LogP contribution in [-0.2, 0) is 4.43 Å². The van der Waals surface area contributed by atoms with Gasteiger partial charge < -0.3 is 4.43 Å². The van der Waals surface area contributed by atoms with Gasteiger partial charge in [0, 0.05) is 0 Å². The van der Waals surface area contributed by atoms with Crippen molar-refractivity contribution >= 4 is 10.5 Å². The summed E-state index contributed by atoms with van der Waals surface area (Å²) in [6.45, 7) is 8.51. The molecule has 0 saturated carbocycles. The second-order valence-corrected chi connectivity index (χ2v) is 3.66. The third-order valence-corrected chi connectivity index (χ3v) is 1.73.